The Morgan fingerprint density at radius 1 is 0.426 bits per heavy atom. The third-order valence-corrected chi connectivity index (χ3v) is 11.5. The van der Waals surface area contributed by atoms with Gasteiger partial charge in [-0.25, -0.2) is 4.98 Å². The molecular weight excluding hydrogens is 681 g/mol. The Morgan fingerprint density at radius 3 is 1.94 bits per heavy atom. The number of hydrogen-bond donors (Lipinski definition) is 0. The van der Waals surface area contributed by atoms with Gasteiger partial charge in [0.2, 0.25) is 5.89 Å². The molecule has 0 aliphatic rings. The van der Waals surface area contributed by atoms with Crippen LogP contribution in [0.2, 0.25) is 0 Å². The van der Waals surface area contributed by atoms with Crippen LogP contribution in [-0.4, -0.2) is 4.98 Å². The van der Waals surface area contributed by atoms with Gasteiger partial charge in [-0.1, -0.05) is 109 Å². The van der Waals surface area contributed by atoms with Gasteiger partial charge in [0.25, 0.3) is 0 Å². The highest BCUT2D eigenvalue weighted by atomic mass is 32.1. The molecule has 3 aromatic heterocycles. The Hall–Kier alpha value is -6.95. The van der Waals surface area contributed by atoms with Gasteiger partial charge in [0, 0.05) is 54.3 Å². The van der Waals surface area contributed by atoms with Crippen molar-refractivity contribution in [3.05, 3.63) is 182 Å². The third kappa shape index (κ3) is 5.01. The molecule has 8 aromatic carbocycles. The molecule has 0 N–H and O–H groups in total. The van der Waals surface area contributed by atoms with Gasteiger partial charge in [0.05, 0.1) is 5.39 Å². The molecule has 0 amide bonds. The van der Waals surface area contributed by atoms with Gasteiger partial charge < -0.3 is 13.7 Å². The van der Waals surface area contributed by atoms with Crippen LogP contribution in [0.25, 0.3) is 86.9 Å². The number of oxazole rings is 1. The van der Waals surface area contributed by atoms with Crippen LogP contribution in [0, 0.1) is 0 Å². The standard InChI is InChI=1S/C49H30N2O2S/c1-3-11-31(12-4-1)32-21-23-35(24-22-32)51(36-16-9-15-34(29-36)38-18-10-19-40-39-17-7-8-20-45(39)54-48(38)40)37-25-26-41-44(30-37)52-42-27-28-43-47(46(41)42)50-49(53-43)33-13-5-2-6-14-33/h1-30H. The molecule has 0 spiro atoms. The molecular formula is C49H30N2O2S. The molecule has 5 heteroatoms. The van der Waals surface area contributed by atoms with E-state index in [4.69, 9.17) is 13.8 Å². The highest BCUT2D eigenvalue weighted by Gasteiger charge is 2.20. The van der Waals surface area contributed by atoms with Gasteiger partial charge in [0.1, 0.15) is 16.7 Å². The fourth-order valence-electron chi connectivity index (χ4n) is 7.75. The molecule has 0 aliphatic carbocycles. The van der Waals surface area contributed by atoms with Crippen LogP contribution in [0.3, 0.4) is 0 Å². The maximum absolute atomic E-state index is 6.58. The Bertz CT molecular complexity index is 3160. The second-order valence-corrected chi connectivity index (χ2v) is 14.6. The Balaban J connectivity index is 1.07. The predicted molar refractivity (Wildman–Crippen MR) is 225 cm³/mol. The summed E-state index contributed by atoms with van der Waals surface area (Å²) in [4.78, 5) is 7.27. The van der Waals surface area contributed by atoms with Gasteiger partial charge >= 0.3 is 0 Å². The second-order valence-electron chi connectivity index (χ2n) is 13.5. The molecule has 0 bridgehead atoms. The quantitative estimate of drug-likeness (QED) is 0.172. The van der Waals surface area contributed by atoms with Crippen LogP contribution < -0.4 is 4.90 Å². The van der Waals surface area contributed by atoms with Crippen molar-refractivity contribution in [2.45, 2.75) is 0 Å². The van der Waals surface area contributed by atoms with E-state index in [1.807, 2.05) is 53.8 Å². The molecule has 0 atom stereocenters. The first-order valence-corrected chi connectivity index (χ1v) is 18.8. The van der Waals surface area contributed by atoms with Crippen LogP contribution in [0.5, 0.6) is 0 Å². The highest BCUT2D eigenvalue weighted by Crippen LogP contribution is 2.44. The fourth-order valence-corrected chi connectivity index (χ4v) is 8.99. The number of anilines is 3. The van der Waals surface area contributed by atoms with Gasteiger partial charge in [-0.05, 0) is 89.0 Å². The van der Waals surface area contributed by atoms with Crippen molar-refractivity contribution >= 4 is 81.6 Å². The third-order valence-electron chi connectivity index (χ3n) is 10.3. The first-order valence-electron chi connectivity index (χ1n) is 18.0. The minimum Gasteiger partial charge on any atom is -0.456 e. The van der Waals surface area contributed by atoms with Crippen molar-refractivity contribution in [3.63, 3.8) is 0 Å². The molecule has 11 aromatic rings. The van der Waals surface area contributed by atoms with E-state index in [9.17, 15) is 0 Å². The summed E-state index contributed by atoms with van der Waals surface area (Å²) in [5.41, 5.74) is 11.9. The first-order chi connectivity index (χ1) is 26.7. The first kappa shape index (κ1) is 30.7. The SMILES string of the molecule is c1ccc(-c2ccc(N(c3cccc(-c4cccc5c4sc4ccccc45)c3)c3ccc4c(c3)oc3ccc5oc(-c6ccccc6)nc5c34)cc2)cc1. The molecule has 11 rings (SSSR count). The summed E-state index contributed by atoms with van der Waals surface area (Å²) in [6.45, 7) is 0. The van der Waals surface area contributed by atoms with Crippen molar-refractivity contribution in [1.29, 1.82) is 0 Å². The molecule has 4 nitrogen and oxygen atoms in total. The van der Waals surface area contributed by atoms with E-state index in [1.54, 1.807) is 0 Å². The molecule has 0 fully saturated rings. The van der Waals surface area contributed by atoms with E-state index in [0.717, 1.165) is 55.7 Å². The number of furan rings is 1. The summed E-state index contributed by atoms with van der Waals surface area (Å²) in [5.74, 6) is 0.598. The average Bonchev–Trinajstić information content (AvgIpc) is 3.95. The number of thiophene rings is 1. The summed E-state index contributed by atoms with van der Waals surface area (Å²) in [7, 11) is 0. The number of nitrogens with zero attached hydrogens (tertiary/aromatic N) is 2. The van der Waals surface area contributed by atoms with Crippen molar-refractivity contribution < 1.29 is 8.83 Å². The van der Waals surface area contributed by atoms with Gasteiger partial charge in [-0.15, -0.1) is 11.3 Å². The number of fused-ring (bicyclic) bond motifs is 8. The zero-order valence-electron chi connectivity index (χ0n) is 28.9. The summed E-state index contributed by atoms with van der Waals surface area (Å²) < 4.78 is 15.4. The van der Waals surface area contributed by atoms with Crippen molar-refractivity contribution in [1.82, 2.24) is 4.98 Å². The van der Waals surface area contributed by atoms with Gasteiger partial charge in [-0.3, -0.25) is 0 Å². The monoisotopic (exact) mass is 710 g/mol. The predicted octanol–water partition coefficient (Wildman–Crippen LogP) is 14.6. The minimum absolute atomic E-state index is 0.598. The summed E-state index contributed by atoms with van der Waals surface area (Å²) >= 11 is 1.86. The fraction of sp³-hybridized carbons (Fsp3) is 0. The molecule has 0 saturated carbocycles. The Morgan fingerprint density at radius 2 is 1.09 bits per heavy atom. The molecule has 3 heterocycles. The van der Waals surface area contributed by atoms with Gasteiger partial charge in [-0.2, -0.15) is 0 Å². The van der Waals surface area contributed by atoms with Crippen molar-refractivity contribution in [3.8, 4) is 33.7 Å². The minimum atomic E-state index is 0.598. The second kappa shape index (κ2) is 12.3. The van der Waals surface area contributed by atoms with E-state index < -0.39 is 0 Å². The van der Waals surface area contributed by atoms with Crippen LogP contribution >= 0.6 is 11.3 Å². The molecule has 0 unspecified atom stereocenters. The van der Waals surface area contributed by atoms with Crippen LogP contribution in [-0.2, 0) is 0 Å². The number of benzene rings is 8. The lowest BCUT2D eigenvalue weighted by Crippen LogP contribution is -2.10. The molecule has 0 saturated heterocycles. The number of aromatic nitrogens is 1. The number of hydrogen-bond acceptors (Lipinski definition) is 5. The number of rotatable bonds is 6. The maximum atomic E-state index is 6.58. The summed E-state index contributed by atoms with van der Waals surface area (Å²) in [6.07, 6.45) is 0. The smallest absolute Gasteiger partial charge is 0.227 e. The lowest BCUT2D eigenvalue weighted by molar-refractivity contribution is 0.619. The maximum Gasteiger partial charge on any atom is 0.227 e. The van der Waals surface area contributed by atoms with Crippen LogP contribution in [0.15, 0.2) is 191 Å². The lowest BCUT2D eigenvalue weighted by atomic mass is 10.0. The summed E-state index contributed by atoms with van der Waals surface area (Å²) in [6, 6.07) is 63.9. The van der Waals surface area contributed by atoms with E-state index in [2.05, 4.69) is 144 Å². The Kier molecular flexibility index (Phi) is 7.00. The largest absolute Gasteiger partial charge is 0.456 e. The zero-order chi connectivity index (χ0) is 35.6. The average molecular weight is 711 g/mol. The van der Waals surface area contributed by atoms with E-state index in [-0.39, 0.29) is 0 Å². The van der Waals surface area contributed by atoms with E-state index in [1.165, 1.54) is 42.4 Å². The van der Waals surface area contributed by atoms with Gasteiger partial charge in [0.15, 0.2) is 5.58 Å². The molecule has 0 radical (unpaired) electrons. The molecule has 0 aliphatic heterocycles. The normalized spacial score (nSPS) is 11.7. The van der Waals surface area contributed by atoms with Crippen LogP contribution in [0.1, 0.15) is 0 Å². The molecule has 54 heavy (non-hydrogen) atoms. The highest BCUT2D eigenvalue weighted by molar-refractivity contribution is 7.26. The van der Waals surface area contributed by atoms with Crippen LogP contribution in [0.4, 0.5) is 17.1 Å². The van der Waals surface area contributed by atoms with E-state index >= 15 is 0 Å². The molecule has 254 valence electrons. The topological polar surface area (TPSA) is 42.4 Å². The van der Waals surface area contributed by atoms with Crippen molar-refractivity contribution in [2.24, 2.45) is 0 Å². The summed E-state index contributed by atoms with van der Waals surface area (Å²) in [5, 5.41) is 4.54. The lowest BCUT2D eigenvalue weighted by Gasteiger charge is -2.26. The Labute approximate surface area is 314 Å². The van der Waals surface area contributed by atoms with E-state index in [0.29, 0.717) is 5.89 Å². The zero-order valence-corrected chi connectivity index (χ0v) is 29.8. The van der Waals surface area contributed by atoms with Crippen molar-refractivity contribution in [2.75, 3.05) is 4.90 Å².